The van der Waals surface area contributed by atoms with Gasteiger partial charge in [-0.1, -0.05) is 36.4 Å². The second kappa shape index (κ2) is 7.42. The van der Waals surface area contributed by atoms with Crippen LogP contribution in [0.25, 0.3) is 5.57 Å². The van der Waals surface area contributed by atoms with E-state index in [4.69, 9.17) is 4.74 Å². The molecule has 0 saturated carbocycles. The van der Waals surface area contributed by atoms with Crippen LogP contribution >= 0.6 is 0 Å². The fourth-order valence-electron chi connectivity index (χ4n) is 2.89. The highest BCUT2D eigenvalue weighted by atomic mass is 32.2. The second-order valence-electron chi connectivity index (χ2n) is 6.35. The molecule has 3 rings (SSSR count). The fraction of sp³-hybridized carbons (Fsp3) is 0.300. The molecule has 4 nitrogen and oxygen atoms in total. The van der Waals surface area contributed by atoms with Gasteiger partial charge in [-0.2, -0.15) is 4.31 Å². The molecule has 5 heteroatoms. The minimum atomic E-state index is -3.48. The van der Waals surface area contributed by atoms with Gasteiger partial charge in [0, 0.05) is 13.1 Å². The maximum atomic E-state index is 12.8. The number of nitrogens with zero attached hydrogens (tertiary/aromatic N) is 1. The van der Waals surface area contributed by atoms with Crippen LogP contribution in [0.2, 0.25) is 0 Å². The lowest BCUT2D eigenvalue weighted by Gasteiger charge is -2.26. The molecule has 0 bridgehead atoms. The Morgan fingerprint density at radius 2 is 1.68 bits per heavy atom. The zero-order chi connectivity index (χ0) is 17.9. The molecular weight excluding hydrogens is 334 g/mol. The van der Waals surface area contributed by atoms with Crippen LogP contribution in [0.5, 0.6) is 5.75 Å². The Morgan fingerprint density at radius 3 is 2.24 bits per heavy atom. The number of hydrogen-bond donors (Lipinski definition) is 0. The normalized spacial score (nSPS) is 15.9. The zero-order valence-corrected chi connectivity index (χ0v) is 15.4. The number of benzene rings is 2. The van der Waals surface area contributed by atoms with E-state index >= 15 is 0 Å². The molecule has 25 heavy (non-hydrogen) atoms. The van der Waals surface area contributed by atoms with Crippen LogP contribution in [0, 0.1) is 0 Å². The predicted molar refractivity (Wildman–Crippen MR) is 100 cm³/mol. The van der Waals surface area contributed by atoms with E-state index in [1.807, 2.05) is 38.1 Å². The smallest absolute Gasteiger partial charge is 0.243 e. The Kier molecular flexibility index (Phi) is 5.25. The molecule has 2 aromatic carbocycles. The fourth-order valence-corrected chi connectivity index (χ4v) is 4.28. The van der Waals surface area contributed by atoms with Gasteiger partial charge in [-0.3, -0.25) is 0 Å². The Hall–Kier alpha value is -2.11. The van der Waals surface area contributed by atoms with Crippen LogP contribution in [0.15, 0.2) is 65.6 Å². The van der Waals surface area contributed by atoms with E-state index in [2.05, 4.69) is 12.1 Å². The molecule has 0 unspecified atom stereocenters. The summed E-state index contributed by atoms with van der Waals surface area (Å²) in [5, 5.41) is 0. The third-order valence-corrected chi connectivity index (χ3v) is 6.03. The molecular formula is C20H23NO3S. The Labute approximate surface area is 149 Å². The van der Waals surface area contributed by atoms with Gasteiger partial charge in [0.15, 0.2) is 0 Å². The van der Waals surface area contributed by atoms with Gasteiger partial charge >= 0.3 is 0 Å². The molecule has 0 amide bonds. The van der Waals surface area contributed by atoms with Crippen molar-refractivity contribution in [2.75, 3.05) is 13.1 Å². The van der Waals surface area contributed by atoms with E-state index in [-0.39, 0.29) is 6.10 Å². The summed E-state index contributed by atoms with van der Waals surface area (Å²) in [7, 11) is -3.48. The van der Waals surface area contributed by atoms with Crippen LogP contribution in [0.3, 0.4) is 0 Å². The number of ether oxygens (including phenoxy) is 1. The van der Waals surface area contributed by atoms with Gasteiger partial charge in [-0.05, 0) is 55.7 Å². The SMILES string of the molecule is CC(C)Oc1ccc(S(=O)(=O)N2CC=C(c3ccccc3)CC2)cc1. The Balaban J connectivity index is 1.74. The first-order valence-electron chi connectivity index (χ1n) is 8.48. The average Bonchev–Trinajstić information content (AvgIpc) is 2.62. The summed E-state index contributed by atoms with van der Waals surface area (Å²) in [5.74, 6) is 0.679. The third-order valence-electron chi connectivity index (χ3n) is 4.15. The van der Waals surface area contributed by atoms with Crippen molar-refractivity contribution in [1.82, 2.24) is 4.31 Å². The van der Waals surface area contributed by atoms with E-state index in [0.29, 0.717) is 23.7 Å². The zero-order valence-electron chi connectivity index (χ0n) is 14.6. The molecule has 0 saturated heterocycles. The standard InChI is InChI=1S/C20H23NO3S/c1-16(2)24-19-8-10-20(11-9-19)25(22,23)21-14-12-18(13-15-21)17-6-4-3-5-7-17/h3-12,16H,13-15H2,1-2H3. The molecule has 1 heterocycles. The summed E-state index contributed by atoms with van der Waals surface area (Å²) in [6, 6.07) is 16.8. The molecule has 0 spiro atoms. The van der Waals surface area contributed by atoms with E-state index in [9.17, 15) is 8.42 Å². The summed E-state index contributed by atoms with van der Waals surface area (Å²) in [5.41, 5.74) is 2.36. The quantitative estimate of drug-likeness (QED) is 0.814. The van der Waals surface area contributed by atoms with E-state index in [1.54, 1.807) is 24.3 Å². The molecule has 0 N–H and O–H groups in total. The first-order chi connectivity index (χ1) is 12.0. The highest BCUT2D eigenvalue weighted by Crippen LogP contribution is 2.26. The molecule has 0 fully saturated rings. The van der Waals surface area contributed by atoms with Crippen LogP contribution < -0.4 is 4.74 Å². The second-order valence-corrected chi connectivity index (χ2v) is 8.28. The highest BCUT2D eigenvalue weighted by molar-refractivity contribution is 7.89. The molecule has 1 aliphatic heterocycles. The van der Waals surface area contributed by atoms with Crippen molar-refractivity contribution in [3.8, 4) is 5.75 Å². The predicted octanol–water partition coefficient (Wildman–Crippen LogP) is 3.95. The minimum absolute atomic E-state index is 0.0612. The number of rotatable bonds is 5. The van der Waals surface area contributed by atoms with Gasteiger partial charge in [0.2, 0.25) is 10.0 Å². The van der Waals surface area contributed by atoms with Gasteiger partial charge in [-0.15, -0.1) is 0 Å². The van der Waals surface area contributed by atoms with Crippen LogP contribution in [0.4, 0.5) is 0 Å². The summed E-state index contributed by atoms with van der Waals surface area (Å²) in [4.78, 5) is 0.306. The molecule has 2 aromatic rings. The third kappa shape index (κ3) is 4.11. The largest absolute Gasteiger partial charge is 0.491 e. The van der Waals surface area contributed by atoms with Crippen LogP contribution in [-0.4, -0.2) is 31.9 Å². The number of sulfonamides is 1. The Bertz CT molecular complexity index is 840. The summed E-state index contributed by atoms with van der Waals surface area (Å²) in [6.07, 6.45) is 2.79. The van der Waals surface area contributed by atoms with Gasteiger partial charge in [0.1, 0.15) is 5.75 Å². The van der Waals surface area contributed by atoms with E-state index in [0.717, 1.165) is 12.0 Å². The van der Waals surface area contributed by atoms with Crippen molar-refractivity contribution in [2.24, 2.45) is 0 Å². The van der Waals surface area contributed by atoms with Crippen molar-refractivity contribution in [3.63, 3.8) is 0 Å². The topological polar surface area (TPSA) is 46.6 Å². The molecule has 0 radical (unpaired) electrons. The lowest BCUT2D eigenvalue weighted by atomic mass is 10.0. The molecule has 1 aliphatic rings. The van der Waals surface area contributed by atoms with Gasteiger partial charge in [0.25, 0.3) is 0 Å². The Morgan fingerprint density at radius 1 is 1.00 bits per heavy atom. The monoisotopic (exact) mass is 357 g/mol. The highest BCUT2D eigenvalue weighted by Gasteiger charge is 2.26. The average molecular weight is 357 g/mol. The number of hydrogen-bond acceptors (Lipinski definition) is 3. The first-order valence-corrected chi connectivity index (χ1v) is 9.92. The van der Waals surface area contributed by atoms with Crippen molar-refractivity contribution in [1.29, 1.82) is 0 Å². The minimum Gasteiger partial charge on any atom is -0.491 e. The lowest BCUT2D eigenvalue weighted by Crippen LogP contribution is -2.34. The van der Waals surface area contributed by atoms with Crippen molar-refractivity contribution >= 4 is 15.6 Å². The molecule has 0 aromatic heterocycles. The molecule has 132 valence electrons. The van der Waals surface area contributed by atoms with Crippen molar-refractivity contribution in [3.05, 3.63) is 66.2 Å². The van der Waals surface area contributed by atoms with E-state index in [1.165, 1.54) is 9.88 Å². The summed E-state index contributed by atoms with van der Waals surface area (Å²) in [6.45, 7) is 4.77. The van der Waals surface area contributed by atoms with Crippen molar-refractivity contribution < 1.29 is 13.2 Å². The van der Waals surface area contributed by atoms with Crippen LogP contribution in [0.1, 0.15) is 25.8 Å². The summed E-state index contributed by atoms with van der Waals surface area (Å²) < 4.78 is 32.7. The maximum Gasteiger partial charge on any atom is 0.243 e. The van der Waals surface area contributed by atoms with Crippen LogP contribution in [-0.2, 0) is 10.0 Å². The van der Waals surface area contributed by atoms with Crippen molar-refractivity contribution in [2.45, 2.75) is 31.3 Å². The van der Waals surface area contributed by atoms with Gasteiger partial charge in [0.05, 0.1) is 11.0 Å². The van der Waals surface area contributed by atoms with E-state index < -0.39 is 10.0 Å². The van der Waals surface area contributed by atoms with Gasteiger partial charge < -0.3 is 4.74 Å². The molecule has 0 aliphatic carbocycles. The lowest BCUT2D eigenvalue weighted by molar-refractivity contribution is 0.242. The summed E-state index contributed by atoms with van der Waals surface area (Å²) >= 11 is 0. The first kappa shape index (κ1) is 17.7. The molecule has 0 atom stereocenters. The van der Waals surface area contributed by atoms with Gasteiger partial charge in [-0.25, -0.2) is 8.42 Å². The maximum absolute atomic E-state index is 12.8.